The lowest BCUT2D eigenvalue weighted by Gasteiger charge is -2.32. The molecule has 0 spiro atoms. The third kappa shape index (κ3) is 3.87. The van der Waals surface area contributed by atoms with E-state index in [0.717, 1.165) is 12.8 Å². The van der Waals surface area contributed by atoms with E-state index in [1.807, 2.05) is 0 Å². The molecule has 3 rings (SSSR count). The zero-order chi connectivity index (χ0) is 16.2. The molecular weight excluding hydrogens is 322 g/mol. The Morgan fingerprint density at radius 3 is 2.83 bits per heavy atom. The van der Waals surface area contributed by atoms with Crippen LogP contribution in [0.3, 0.4) is 0 Å². The largest absolute Gasteiger partial charge is 0.458 e. The first-order chi connectivity index (χ1) is 11.1. The second-order valence-electron chi connectivity index (χ2n) is 5.16. The third-order valence-corrected chi connectivity index (χ3v) is 3.68. The maximum atomic E-state index is 12.4. The maximum Gasteiger partial charge on any atom is 0.335 e. The summed E-state index contributed by atoms with van der Waals surface area (Å²) in [5, 5.41) is 0.434. The Hall–Kier alpha value is -2.41. The van der Waals surface area contributed by atoms with Crippen LogP contribution in [0.5, 0.6) is 6.01 Å². The van der Waals surface area contributed by atoms with Crippen LogP contribution in [0.25, 0.3) is 0 Å². The molecule has 0 bridgehead atoms. The number of hydrogen-bond donors (Lipinski definition) is 0. The van der Waals surface area contributed by atoms with E-state index in [1.54, 1.807) is 4.90 Å². The first-order valence-electron chi connectivity index (χ1n) is 7.14. The molecule has 1 unspecified atom stereocenters. The van der Waals surface area contributed by atoms with E-state index in [9.17, 15) is 9.59 Å². The lowest BCUT2D eigenvalue weighted by Crippen LogP contribution is -2.44. The summed E-state index contributed by atoms with van der Waals surface area (Å²) in [6, 6.07) is 2.92. The second kappa shape index (κ2) is 6.78. The van der Waals surface area contributed by atoms with Crippen molar-refractivity contribution >= 4 is 17.5 Å². The highest BCUT2D eigenvalue weighted by Gasteiger charge is 2.26. The standard InChI is InChI=1S/C15H14ClN3O4/c16-11-6-17-15(18-7-11)23-12-2-1-5-19(8-12)14(21)10-3-4-13(20)22-9-10/h3-4,6-7,9,12H,1-2,5,8H2. The van der Waals surface area contributed by atoms with Crippen molar-refractivity contribution in [3.63, 3.8) is 0 Å². The monoisotopic (exact) mass is 335 g/mol. The fourth-order valence-electron chi connectivity index (χ4n) is 2.39. The quantitative estimate of drug-likeness (QED) is 0.849. The number of aromatic nitrogens is 2. The van der Waals surface area contributed by atoms with Gasteiger partial charge in [-0.3, -0.25) is 4.79 Å². The van der Waals surface area contributed by atoms with Gasteiger partial charge in [0.1, 0.15) is 12.4 Å². The molecule has 0 aromatic carbocycles. The first kappa shape index (κ1) is 15.5. The fourth-order valence-corrected chi connectivity index (χ4v) is 2.49. The number of amides is 1. The van der Waals surface area contributed by atoms with Crippen LogP contribution in [0, 0.1) is 0 Å². The van der Waals surface area contributed by atoms with Gasteiger partial charge in [0.05, 0.1) is 29.5 Å². The van der Waals surface area contributed by atoms with Gasteiger partial charge in [-0.05, 0) is 18.9 Å². The average Bonchev–Trinajstić information content (AvgIpc) is 2.57. The number of likely N-dealkylation sites (tertiary alicyclic amines) is 1. The molecule has 1 fully saturated rings. The van der Waals surface area contributed by atoms with Crippen molar-refractivity contribution in [2.24, 2.45) is 0 Å². The highest BCUT2D eigenvalue weighted by Crippen LogP contribution is 2.18. The maximum absolute atomic E-state index is 12.4. The number of carbonyl (C=O) groups is 1. The molecule has 1 saturated heterocycles. The topological polar surface area (TPSA) is 85.5 Å². The number of halogens is 1. The molecule has 8 heteroatoms. The summed E-state index contributed by atoms with van der Waals surface area (Å²) in [4.78, 5) is 33.0. The summed E-state index contributed by atoms with van der Waals surface area (Å²) in [5.74, 6) is -0.195. The zero-order valence-corrected chi connectivity index (χ0v) is 12.9. The Morgan fingerprint density at radius 2 is 2.13 bits per heavy atom. The van der Waals surface area contributed by atoms with E-state index < -0.39 is 5.63 Å². The number of hydrogen-bond acceptors (Lipinski definition) is 6. The van der Waals surface area contributed by atoms with Gasteiger partial charge in [-0.2, -0.15) is 0 Å². The average molecular weight is 336 g/mol. The highest BCUT2D eigenvalue weighted by atomic mass is 35.5. The Balaban J connectivity index is 1.65. The summed E-state index contributed by atoms with van der Waals surface area (Å²) in [6.45, 7) is 1.04. The van der Waals surface area contributed by atoms with Crippen LogP contribution in [0.2, 0.25) is 5.02 Å². The highest BCUT2D eigenvalue weighted by molar-refractivity contribution is 6.30. The van der Waals surface area contributed by atoms with Gasteiger partial charge in [0.15, 0.2) is 0 Å². The van der Waals surface area contributed by atoms with E-state index in [2.05, 4.69) is 9.97 Å². The van der Waals surface area contributed by atoms with E-state index in [-0.39, 0.29) is 18.0 Å². The molecule has 2 aromatic heterocycles. The van der Waals surface area contributed by atoms with Gasteiger partial charge in [0, 0.05) is 12.6 Å². The molecule has 0 saturated carbocycles. The summed E-state index contributed by atoms with van der Waals surface area (Å²) < 4.78 is 10.4. The molecule has 0 aliphatic carbocycles. The molecule has 1 amide bonds. The fraction of sp³-hybridized carbons (Fsp3) is 0.333. The first-order valence-corrected chi connectivity index (χ1v) is 7.52. The van der Waals surface area contributed by atoms with Gasteiger partial charge >= 0.3 is 11.6 Å². The van der Waals surface area contributed by atoms with Crippen LogP contribution in [0.1, 0.15) is 23.2 Å². The molecule has 2 aromatic rings. The lowest BCUT2D eigenvalue weighted by molar-refractivity contribution is 0.0513. The van der Waals surface area contributed by atoms with Crippen molar-refractivity contribution in [3.8, 4) is 6.01 Å². The van der Waals surface area contributed by atoms with Crippen molar-refractivity contribution in [3.05, 3.63) is 51.8 Å². The Bertz CT molecular complexity index is 727. The normalized spacial score (nSPS) is 17.8. The minimum Gasteiger partial charge on any atom is -0.458 e. The number of rotatable bonds is 3. The van der Waals surface area contributed by atoms with Gasteiger partial charge in [-0.15, -0.1) is 0 Å². The molecular formula is C15H14ClN3O4. The van der Waals surface area contributed by atoms with Crippen molar-refractivity contribution in [1.82, 2.24) is 14.9 Å². The van der Waals surface area contributed by atoms with E-state index in [1.165, 1.54) is 30.8 Å². The van der Waals surface area contributed by atoms with Crippen LogP contribution in [-0.4, -0.2) is 40.0 Å². The minimum absolute atomic E-state index is 0.190. The molecule has 3 heterocycles. The van der Waals surface area contributed by atoms with Crippen LogP contribution in [0.4, 0.5) is 0 Å². The minimum atomic E-state index is -0.485. The number of ether oxygens (including phenoxy) is 1. The van der Waals surface area contributed by atoms with Crippen molar-refractivity contribution < 1.29 is 13.9 Å². The summed E-state index contributed by atoms with van der Waals surface area (Å²) in [5.41, 5.74) is -0.144. The Morgan fingerprint density at radius 1 is 1.35 bits per heavy atom. The van der Waals surface area contributed by atoms with Crippen molar-refractivity contribution in [2.45, 2.75) is 18.9 Å². The smallest absolute Gasteiger partial charge is 0.335 e. The summed E-state index contributed by atoms with van der Waals surface area (Å²) in [6.07, 6.45) is 5.52. The van der Waals surface area contributed by atoms with Crippen molar-refractivity contribution in [1.29, 1.82) is 0 Å². The van der Waals surface area contributed by atoms with Crippen LogP contribution < -0.4 is 10.4 Å². The molecule has 0 radical (unpaired) electrons. The van der Waals surface area contributed by atoms with Gasteiger partial charge in [0.2, 0.25) is 0 Å². The molecule has 1 aliphatic rings. The molecule has 1 aliphatic heterocycles. The lowest BCUT2D eigenvalue weighted by atomic mass is 10.1. The molecule has 7 nitrogen and oxygen atoms in total. The second-order valence-corrected chi connectivity index (χ2v) is 5.60. The zero-order valence-electron chi connectivity index (χ0n) is 12.1. The number of piperidine rings is 1. The van der Waals surface area contributed by atoms with Crippen molar-refractivity contribution in [2.75, 3.05) is 13.1 Å². The predicted octanol–water partition coefficient (Wildman–Crippen LogP) is 1.77. The van der Waals surface area contributed by atoms with Crippen LogP contribution in [-0.2, 0) is 0 Å². The Kier molecular flexibility index (Phi) is 4.57. The Labute approximate surface area is 136 Å². The van der Waals surface area contributed by atoms with Gasteiger partial charge < -0.3 is 14.1 Å². The number of nitrogens with zero attached hydrogens (tertiary/aromatic N) is 3. The summed E-state index contributed by atoms with van der Waals surface area (Å²) >= 11 is 5.73. The number of carbonyl (C=O) groups excluding carboxylic acids is 1. The third-order valence-electron chi connectivity index (χ3n) is 3.48. The van der Waals surface area contributed by atoms with E-state index in [0.29, 0.717) is 23.7 Å². The molecule has 1 atom stereocenters. The van der Waals surface area contributed by atoms with Crippen LogP contribution in [0.15, 0.2) is 40.0 Å². The SMILES string of the molecule is O=C(c1ccc(=O)oc1)N1CCCC(Oc2ncc(Cl)cn2)C1. The molecule has 120 valence electrons. The van der Waals surface area contributed by atoms with Gasteiger partial charge in [-0.1, -0.05) is 11.6 Å². The van der Waals surface area contributed by atoms with Crippen LogP contribution >= 0.6 is 11.6 Å². The summed E-state index contributed by atoms with van der Waals surface area (Å²) in [7, 11) is 0. The van der Waals surface area contributed by atoms with Gasteiger partial charge in [0.25, 0.3) is 5.91 Å². The van der Waals surface area contributed by atoms with Gasteiger partial charge in [-0.25, -0.2) is 14.8 Å². The molecule has 23 heavy (non-hydrogen) atoms. The predicted molar refractivity (Wildman–Crippen MR) is 81.6 cm³/mol. The van der Waals surface area contributed by atoms with E-state index in [4.69, 9.17) is 20.8 Å². The van der Waals surface area contributed by atoms with E-state index >= 15 is 0 Å². The molecule has 0 N–H and O–H groups in total.